The van der Waals surface area contributed by atoms with E-state index in [0.717, 1.165) is 39.5 Å². The van der Waals surface area contributed by atoms with Gasteiger partial charge in [-0.15, -0.1) is 0 Å². The molecule has 236 valence electrons. The lowest BCUT2D eigenvalue weighted by Crippen LogP contribution is -2.34. The Morgan fingerprint density at radius 3 is 2.04 bits per heavy atom. The molecule has 1 aliphatic rings. The fourth-order valence-electron chi connectivity index (χ4n) is 7.13. The molecule has 0 spiro atoms. The zero-order valence-corrected chi connectivity index (χ0v) is 29.1. The van der Waals surface area contributed by atoms with Crippen LogP contribution in [0.25, 0.3) is 43.6 Å². The van der Waals surface area contributed by atoms with Crippen LogP contribution in [0.1, 0.15) is 77.6 Å². The molecule has 5 heteroatoms. The summed E-state index contributed by atoms with van der Waals surface area (Å²) in [6.07, 6.45) is -0.304. The van der Waals surface area contributed by atoms with E-state index < -0.39 is 11.6 Å². The van der Waals surface area contributed by atoms with Crippen LogP contribution in [0, 0.1) is 23.2 Å². The van der Waals surface area contributed by atoms with Gasteiger partial charge in [-0.2, -0.15) is 13.2 Å². The minimum Gasteiger partial charge on any atom is -0.200 e. The van der Waals surface area contributed by atoms with E-state index in [0.29, 0.717) is 0 Å². The van der Waals surface area contributed by atoms with Crippen molar-refractivity contribution in [2.24, 2.45) is 23.3 Å². The Bertz CT molecular complexity index is 2000. The predicted molar refractivity (Wildman–Crippen MR) is 184 cm³/mol. The fraction of sp³-hybridized carbons (Fsp3) is 0.425. The van der Waals surface area contributed by atoms with Crippen LogP contribution in [0.4, 0.5) is 13.2 Å². The Balaban J connectivity index is 1.69. The minimum absolute atomic E-state index is 0.0643. The molecule has 0 bridgehead atoms. The molecule has 0 N–H and O–H groups in total. The van der Waals surface area contributed by atoms with Crippen molar-refractivity contribution >= 4 is 44.1 Å². The molecule has 0 unspecified atom stereocenters. The Kier molecular flexibility index (Phi) is 7.44. The molecule has 0 aliphatic carbocycles. The van der Waals surface area contributed by atoms with E-state index in [1.807, 2.05) is 12.1 Å². The van der Waals surface area contributed by atoms with Crippen LogP contribution in [-0.2, 0) is 26.3 Å². The highest BCUT2D eigenvalue weighted by Crippen LogP contribution is 2.54. The van der Waals surface area contributed by atoms with Crippen LogP contribution in [0.5, 0.6) is 0 Å². The molecule has 1 aromatic heterocycles. The average molecular weight is 629 g/mol. The molecule has 2 heterocycles. The number of benzene rings is 4. The summed E-state index contributed by atoms with van der Waals surface area (Å²) < 4.78 is 44.3. The van der Waals surface area contributed by atoms with Crippen molar-refractivity contribution in [3.05, 3.63) is 77.0 Å². The number of alkyl halides is 3. The van der Waals surface area contributed by atoms with E-state index in [-0.39, 0.29) is 17.3 Å². The Morgan fingerprint density at radius 2 is 1.40 bits per heavy atom. The van der Waals surface area contributed by atoms with Gasteiger partial charge in [0.05, 0.1) is 16.4 Å². The molecular formula is C40H45F3NS+. The van der Waals surface area contributed by atoms with Crippen LogP contribution >= 0.6 is 11.8 Å². The lowest BCUT2D eigenvalue weighted by Gasteiger charge is -2.29. The molecule has 0 radical (unpaired) electrons. The third kappa shape index (κ3) is 5.64. The van der Waals surface area contributed by atoms with Gasteiger partial charge < -0.3 is 0 Å². The van der Waals surface area contributed by atoms with Crippen molar-refractivity contribution in [3.8, 4) is 11.3 Å². The molecule has 5 aromatic rings. The summed E-state index contributed by atoms with van der Waals surface area (Å²) in [6, 6.07) is 17.2. The highest BCUT2D eigenvalue weighted by molar-refractivity contribution is 8.00. The van der Waals surface area contributed by atoms with Crippen LogP contribution < -0.4 is 4.57 Å². The topological polar surface area (TPSA) is 3.88 Å². The number of rotatable bonds is 4. The quantitative estimate of drug-likeness (QED) is 0.139. The van der Waals surface area contributed by atoms with Gasteiger partial charge in [0.25, 0.3) is 0 Å². The molecule has 0 saturated carbocycles. The third-order valence-electron chi connectivity index (χ3n) is 9.31. The third-order valence-corrected chi connectivity index (χ3v) is 10.5. The molecule has 1 aliphatic heterocycles. The van der Waals surface area contributed by atoms with E-state index >= 15 is 0 Å². The number of pyridine rings is 1. The molecule has 45 heavy (non-hydrogen) atoms. The van der Waals surface area contributed by atoms with Crippen molar-refractivity contribution < 1.29 is 17.7 Å². The van der Waals surface area contributed by atoms with Crippen molar-refractivity contribution in [2.75, 3.05) is 0 Å². The predicted octanol–water partition coefficient (Wildman–Crippen LogP) is 11.7. The van der Waals surface area contributed by atoms with E-state index in [2.05, 4.69) is 103 Å². The number of aromatic nitrogens is 1. The van der Waals surface area contributed by atoms with Gasteiger partial charge in [0.1, 0.15) is 7.05 Å². The number of hydrogen-bond donors (Lipinski definition) is 0. The van der Waals surface area contributed by atoms with E-state index in [9.17, 15) is 13.2 Å². The van der Waals surface area contributed by atoms with Gasteiger partial charge in [-0.3, -0.25) is 0 Å². The van der Waals surface area contributed by atoms with Crippen LogP contribution in [-0.4, -0.2) is 6.18 Å². The maximum Gasteiger partial charge on any atom is 0.394 e. The largest absolute Gasteiger partial charge is 0.394 e. The van der Waals surface area contributed by atoms with Gasteiger partial charge in [0.2, 0.25) is 5.69 Å². The first-order valence-electron chi connectivity index (χ1n) is 16.0. The van der Waals surface area contributed by atoms with Crippen LogP contribution in [0.3, 0.4) is 0 Å². The number of hydrogen-bond acceptors (Lipinski definition) is 1. The van der Waals surface area contributed by atoms with Crippen LogP contribution in [0.15, 0.2) is 64.5 Å². The lowest BCUT2D eigenvalue weighted by atomic mass is 9.81. The molecule has 0 saturated heterocycles. The van der Waals surface area contributed by atoms with E-state index in [4.69, 9.17) is 0 Å². The highest BCUT2D eigenvalue weighted by Gasteiger charge is 2.47. The first-order chi connectivity index (χ1) is 20.8. The van der Waals surface area contributed by atoms with Gasteiger partial charge in [0, 0.05) is 21.2 Å². The molecule has 0 fully saturated rings. The van der Waals surface area contributed by atoms with Crippen molar-refractivity contribution in [3.63, 3.8) is 0 Å². The van der Waals surface area contributed by atoms with Gasteiger partial charge in [-0.1, -0.05) is 104 Å². The summed E-state index contributed by atoms with van der Waals surface area (Å²) in [5.74, 6) is 0. The molecular weight excluding hydrogens is 584 g/mol. The SMILES string of the molecule is Cc1c2c(c(CC(C)(C)C)c3ccc(CC(C)(C)C)cc13)Sc1cc3c(CC(C)(C)C(F)(F)F)cccc3c3cc[n+](C)c-2c13. The van der Waals surface area contributed by atoms with E-state index in [1.54, 1.807) is 11.8 Å². The molecule has 6 rings (SSSR count). The Hall–Kier alpha value is -3.05. The summed E-state index contributed by atoms with van der Waals surface area (Å²) in [5, 5.41) is 6.82. The molecule has 4 aromatic carbocycles. The summed E-state index contributed by atoms with van der Waals surface area (Å²) in [5.41, 5.74) is 5.64. The zero-order chi connectivity index (χ0) is 32.9. The maximum absolute atomic E-state index is 14.0. The smallest absolute Gasteiger partial charge is 0.200 e. The summed E-state index contributed by atoms with van der Waals surface area (Å²) in [4.78, 5) is 2.40. The highest BCUT2D eigenvalue weighted by atomic mass is 32.2. The van der Waals surface area contributed by atoms with Crippen molar-refractivity contribution in [1.29, 1.82) is 0 Å². The second-order valence-electron chi connectivity index (χ2n) is 16.3. The molecule has 1 nitrogen and oxygen atoms in total. The number of aryl methyl sites for hydroxylation is 2. The lowest BCUT2D eigenvalue weighted by molar-refractivity contribution is -0.659. The first kappa shape index (κ1) is 31.9. The van der Waals surface area contributed by atoms with Gasteiger partial charge >= 0.3 is 6.18 Å². The maximum atomic E-state index is 14.0. The van der Waals surface area contributed by atoms with Crippen LogP contribution in [0.2, 0.25) is 0 Å². The summed E-state index contributed by atoms with van der Waals surface area (Å²) >= 11 is 1.81. The number of fused-ring (bicyclic) bond motifs is 5. The molecule has 0 amide bonds. The first-order valence-corrected chi connectivity index (χ1v) is 16.8. The standard InChI is InChI=1S/C40H45F3NS/c1-23-29-18-24(20-37(2,3)4)14-15-27(29)31(22-38(5,6)7)36-33(23)35-34-28(16-17-44(35)10)26-13-11-12-25(30(26)19-32(34)45-36)21-39(8,9)40(41,42)43/h11-19H,20-22H2,1-10H3/q+1. The monoisotopic (exact) mass is 628 g/mol. The number of nitrogens with zero attached hydrogens (tertiary/aromatic N) is 1. The summed E-state index contributed by atoms with van der Waals surface area (Å²) in [6.45, 7) is 18.6. The number of halogens is 3. The summed E-state index contributed by atoms with van der Waals surface area (Å²) in [7, 11) is 2.12. The second-order valence-corrected chi connectivity index (χ2v) is 17.3. The van der Waals surface area contributed by atoms with Gasteiger partial charge in [-0.25, -0.2) is 4.57 Å². The van der Waals surface area contributed by atoms with Crippen molar-refractivity contribution in [2.45, 2.75) is 97.5 Å². The minimum atomic E-state index is -4.29. The Labute approximate surface area is 270 Å². The molecule has 0 atom stereocenters. The fourth-order valence-corrected chi connectivity index (χ4v) is 8.50. The van der Waals surface area contributed by atoms with E-state index in [1.165, 1.54) is 62.8 Å². The van der Waals surface area contributed by atoms with Crippen molar-refractivity contribution in [1.82, 2.24) is 0 Å². The zero-order valence-electron chi connectivity index (χ0n) is 28.3. The average Bonchev–Trinajstić information content (AvgIpc) is 2.90. The normalized spacial score (nSPS) is 14.1. The Morgan fingerprint density at radius 1 is 0.711 bits per heavy atom. The van der Waals surface area contributed by atoms with Gasteiger partial charge in [-0.05, 0) is 86.9 Å². The van der Waals surface area contributed by atoms with Gasteiger partial charge in [0.15, 0.2) is 6.20 Å². The second kappa shape index (κ2) is 10.5.